The maximum absolute atomic E-state index is 13.4. The van der Waals surface area contributed by atoms with Crippen LogP contribution in [0.1, 0.15) is 17.0 Å². The molecule has 3 rings (SSSR count). The number of halogens is 6. The Kier molecular flexibility index (Phi) is 5.47. The highest BCUT2D eigenvalue weighted by Gasteiger charge is 2.41. The van der Waals surface area contributed by atoms with Gasteiger partial charge in [0.05, 0.1) is 16.9 Å². The molecule has 0 aliphatic heterocycles. The van der Waals surface area contributed by atoms with Crippen molar-refractivity contribution < 1.29 is 35.9 Å². The number of ether oxygens (including phenoxy) is 1. The quantitative estimate of drug-likeness (QED) is 0.533. The first-order valence-electron chi connectivity index (χ1n) is 8.35. The minimum atomic E-state index is -4.91. The van der Waals surface area contributed by atoms with Crippen molar-refractivity contribution in [2.24, 2.45) is 0 Å². The Morgan fingerprint density at radius 3 is 2.07 bits per heavy atom. The number of hydrogen-bond acceptors (Lipinski definition) is 3. The van der Waals surface area contributed by atoms with Gasteiger partial charge < -0.3 is 4.74 Å². The van der Waals surface area contributed by atoms with E-state index >= 15 is 0 Å². The molecule has 1 heterocycles. The Morgan fingerprint density at radius 2 is 1.53 bits per heavy atom. The summed E-state index contributed by atoms with van der Waals surface area (Å²) in [5.41, 5.74) is -2.21. The zero-order valence-corrected chi connectivity index (χ0v) is 15.2. The summed E-state index contributed by atoms with van der Waals surface area (Å²) >= 11 is 0. The molecule has 0 spiro atoms. The molecule has 158 valence electrons. The molecule has 0 aliphatic rings. The average molecular weight is 429 g/mol. The third-order valence-electron chi connectivity index (χ3n) is 3.98. The zero-order chi connectivity index (χ0) is 22.1. The first kappa shape index (κ1) is 21.2. The fourth-order valence-electron chi connectivity index (χ4n) is 2.59. The predicted octanol–water partition coefficient (Wildman–Crippen LogP) is 5.83. The number of aromatic nitrogens is 2. The lowest BCUT2D eigenvalue weighted by atomic mass is 10.2. The van der Waals surface area contributed by atoms with Crippen molar-refractivity contribution in [3.8, 4) is 11.4 Å². The minimum absolute atomic E-state index is 0.0869. The SMILES string of the molecule is Cc1c(OC(=O)Nc2ccc(C(F)(F)F)cc2)c(C(F)(F)F)nn1-c1ccccc1. The van der Waals surface area contributed by atoms with E-state index in [0.29, 0.717) is 5.69 Å². The van der Waals surface area contributed by atoms with Crippen LogP contribution in [0.25, 0.3) is 5.69 Å². The first-order chi connectivity index (χ1) is 14.0. The van der Waals surface area contributed by atoms with Gasteiger partial charge in [-0.05, 0) is 43.3 Å². The zero-order valence-electron chi connectivity index (χ0n) is 15.2. The number of anilines is 1. The van der Waals surface area contributed by atoms with E-state index in [-0.39, 0.29) is 11.4 Å². The smallest absolute Gasteiger partial charge is 0.406 e. The Bertz CT molecular complexity index is 1040. The number of nitrogens with one attached hydrogen (secondary N) is 1. The standard InChI is InChI=1S/C19H13F6N3O2/c1-11-15(16(19(23,24)25)27-28(11)14-5-3-2-4-6-14)30-17(29)26-13-9-7-12(8-10-13)18(20,21)22/h2-10H,1H3,(H,26,29). The molecule has 0 bridgehead atoms. The summed E-state index contributed by atoms with van der Waals surface area (Å²) in [5.74, 6) is -0.809. The second-order valence-corrected chi connectivity index (χ2v) is 6.10. The van der Waals surface area contributed by atoms with Gasteiger partial charge in [0.1, 0.15) is 0 Å². The van der Waals surface area contributed by atoms with E-state index in [1.54, 1.807) is 18.2 Å². The van der Waals surface area contributed by atoms with Crippen LogP contribution in [0.2, 0.25) is 0 Å². The molecule has 0 radical (unpaired) electrons. The molecule has 3 aromatic rings. The van der Waals surface area contributed by atoms with Crippen LogP contribution in [0.15, 0.2) is 54.6 Å². The van der Waals surface area contributed by atoms with Crippen molar-refractivity contribution in [2.45, 2.75) is 19.3 Å². The molecule has 11 heteroatoms. The summed E-state index contributed by atoms with van der Waals surface area (Å²) in [7, 11) is 0. The highest BCUT2D eigenvalue weighted by atomic mass is 19.4. The molecule has 0 saturated heterocycles. The maximum Gasteiger partial charge on any atom is 0.438 e. The fraction of sp³-hybridized carbons (Fsp3) is 0.158. The third kappa shape index (κ3) is 4.56. The van der Waals surface area contributed by atoms with E-state index in [4.69, 9.17) is 4.74 Å². The number of amides is 1. The molecule has 0 aliphatic carbocycles. The topological polar surface area (TPSA) is 56.1 Å². The van der Waals surface area contributed by atoms with Crippen LogP contribution in [0.5, 0.6) is 5.75 Å². The third-order valence-corrected chi connectivity index (χ3v) is 3.98. The van der Waals surface area contributed by atoms with Crippen LogP contribution in [-0.4, -0.2) is 15.9 Å². The number of carbonyl (C=O) groups is 1. The Hall–Kier alpha value is -3.50. The van der Waals surface area contributed by atoms with Gasteiger partial charge in [-0.2, -0.15) is 31.4 Å². The van der Waals surface area contributed by atoms with Crippen LogP contribution < -0.4 is 10.1 Å². The molecule has 0 unspecified atom stereocenters. The van der Waals surface area contributed by atoms with Crippen molar-refractivity contribution in [3.63, 3.8) is 0 Å². The highest BCUT2D eigenvalue weighted by Crippen LogP contribution is 2.38. The second-order valence-electron chi connectivity index (χ2n) is 6.10. The van der Waals surface area contributed by atoms with Crippen LogP contribution in [0.3, 0.4) is 0 Å². The van der Waals surface area contributed by atoms with Crippen LogP contribution in [0.4, 0.5) is 36.8 Å². The van der Waals surface area contributed by atoms with Crippen molar-refractivity contribution in [3.05, 3.63) is 71.5 Å². The van der Waals surface area contributed by atoms with Crippen LogP contribution in [-0.2, 0) is 12.4 Å². The summed E-state index contributed by atoms with van der Waals surface area (Å²) in [6, 6.07) is 11.2. The first-order valence-corrected chi connectivity index (χ1v) is 8.35. The van der Waals surface area contributed by atoms with Crippen molar-refractivity contribution >= 4 is 11.8 Å². The molecule has 0 fully saturated rings. The summed E-state index contributed by atoms with van der Waals surface area (Å²) < 4.78 is 83.8. The van der Waals surface area contributed by atoms with Crippen molar-refractivity contribution in [1.82, 2.24) is 9.78 Å². The molecule has 1 amide bonds. The van der Waals surface area contributed by atoms with Crippen molar-refractivity contribution in [2.75, 3.05) is 5.32 Å². The van der Waals surface area contributed by atoms with E-state index in [1.165, 1.54) is 19.1 Å². The van der Waals surface area contributed by atoms with Crippen molar-refractivity contribution in [1.29, 1.82) is 0 Å². The van der Waals surface area contributed by atoms with Gasteiger partial charge in [-0.25, -0.2) is 9.48 Å². The predicted molar refractivity (Wildman–Crippen MR) is 94.4 cm³/mol. The number of para-hydroxylation sites is 1. The molecule has 30 heavy (non-hydrogen) atoms. The van der Waals surface area contributed by atoms with E-state index in [2.05, 4.69) is 10.4 Å². The van der Waals surface area contributed by atoms with Gasteiger partial charge in [0.25, 0.3) is 0 Å². The number of nitrogens with zero attached hydrogens (tertiary/aromatic N) is 2. The van der Waals surface area contributed by atoms with Gasteiger partial charge in [-0.15, -0.1) is 0 Å². The molecular weight excluding hydrogens is 416 g/mol. The summed E-state index contributed by atoms with van der Waals surface area (Å²) in [6.45, 7) is 1.29. The van der Waals surface area contributed by atoms with Gasteiger partial charge in [-0.3, -0.25) is 5.32 Å². The highest BCUT2D eigenvalue weighted by molar-refractivity contribution is 5.86. The molecule has 1 aromatic heterocycles. The monoisotopic (exact) mass is 429 g/mol. The van der Waals surface area contributed by atoms with E-state index in [0.717, 1.165) is 28.9 Å². The molecule has 2 aromatic carbocycles. The number of benzene rings is 2. The minimum Gasteiger partial charge on any atom is -0.406 e. The summed E-state index contributed by atoms with van der Waals surface area (Å²) in [4.78, 5) is 12.1. The fourth-order valence-corrected chi connectivity index (χ4v) is 2.59. The molecule has 5 nitrogen and oxygen atoms in total. The van der Waals surface area contributed by atoms with E-state index in [1.807, 2.05) is 0 Å². The normalized spacial score (nSPS) is 12.0. The average Bonchev–Trinajstić information content (AvgIpc) is 2.99. The molecule has 1 N–H and O–H groups in total. The Labute approximate surface area is 165 Å². The molecule has 0 atom stereocenters. The number of rotatable bonds is 3. The van der Waals surface area contributed by atoms with Gasteiger partial charge in [0.2, 0.25) is 5.69 Å². The van der Waals surface area contributed by atoms with E-state index < -0.39 is 35.5 Å². The van der Waals surface area contributed by atoms with Crippen LogP contribution in [0, 0.1) is 6.92 Å². The molecule has 0 saturated carbocycles. The maximum atomic E-state index is 13.4. The Balaban J connectivity index is 1.86. The summed E-state index contributed by atoms with van der Waals surface area (Å²) in [6.07, 6.45) is -10.8. The lowest BCUT2D eigenvalue weighted by molar-refractivity contribution is -0.142. The largest absolute Gasteiger partial charge is 0.438 e. The van der Waals surface area contributed by atoms with E-state index in [9.17, 15) is 31.1 Å². The number of hydrogen-bond donors (Lipinski definition) is 1. The Morgan fingerprint density at radius 1 is 0.933 bits per heavy atom. The lowest BCUT2D eigenvalue weighted by Crippen LogP contribution is -2.19. The van der Waals surface area contributed by atoms with Gasteiger partial charge in [0, 0.05) is 5.69 Å². The van der Waals surface area contributed by atoms with Crippen LogP contribution >= 0.6 is 0 Å². The number of carbonyl (C=O) groups excluding carboxylic acids is 1. The lowest BCUT2D eigenvalue weighted by Gasteiger charge is -2.10. The van der Waals surface area contributed by atoms with Gasteiger partial charge in [-0.1, -0.05) is 18.2 Å². The second kappa shape index (κ2) is 7.73. The summed E-state index contributed by atoms with van der Waals surface area (Å²) in [5, 5.41) is 5.60. The van der Waals surface area contributed by atoms with Gasteiger partial charge in [0.15, 0.2) is 5.75 Å². The number of alkyl halides is 6. The molecular formula is C19H13F6N3O2. The van der Waals surface area contributed by atoms with Gasteiger partial charge >= 0.3 is 18.4 Å².